The average Bonchev–Trinajstić information content (AvgIpc) is 3.02. The number of thiazole rings is 1. The summed E-state index contributed by atoms with van der Waals surface area (Å²) in [5.74, 6) is -0.415. The summed E-state index contributed by atoms with van der Waals surface area (Å²) >= 11 is 1.58. The van der Waals surface area contributed by atoms with E-state index >= 15 is 0 Å². The normalized spacial score (nSPS) is 14.6. The molecule has 0 saturated heterocycles. The highest BCUT2D eigenvalue weighted by Gasteiger charge is 2.20. The number of thiol groups is 1. The van der Waals surface area contributed by atoms with Crippen molar-refractivity contribution in [2.75, 3.05) is 20.7 Å². The largest absolute Gasteiger partial charge is 0.465 e. The monoisotopic (exact) mass is 395 g/mol. The van der Waals surface area contributed by atoms with Gasteiger partial charge in [0.15, 0.2) is 0 Å². The first-order chi connectivity index (χ1) is 12.5. The molecule has 1 aromatic carbocycles. The Balaban J connectivity index is 1.71. The van der Waals surface area contributed by atoms with Crippen molar-refractivity contribution in [2.45, 2.75) is 26.1 Å². The van der Waals surface area contributed by atoms with Crippen molar-refractivity contribution in [1.29, 1.82) is 0 Å². The van der Waals surface area contributed by atoms with Crippen LogP contribution in [0.15, 0.2) is 24.3 Å². The van der Waals surface area contributed by atoms with Crippen molar-refractivity contribution in [3.8, 4) is 0 Å². The summed E-state index contributed by atoms with van der Waals surface area (Å²) < 4.78 is 29.4. The van der Waals surface area contributed by atoms with Gasteiger partial charge in [-0.15, -0.1) is 11.3 Å². The first-order valence-electron chi connectivity index (χ1n) is 8.18. The predicted molar refractivity (Wildman–Crippen MR) is 99.5 cm³/mol. The minimum atomic E-state index is -2.74. The van der Waals surface area contributed by atoms with Gasteiger partial charge in [0.1, 0.15) is 5.01 Å². The van der Waals surface area contributed by atoms with Gasteiger partial charge in [-0.25, -0.2) is 18.2 Å². The SMILES string of the molecule is COC(=O)c1ccc(CN(Cc2nc3c(s2)CN(C)CC3)[SH](=O)=O)cc1. The number of carbonyl (C=O) groups is 1. The van der Waals surface area contributed by atoms with Gasteiger partial charge in [0, 0.05) is 30.9 Å². The highest BCUT2D eigenvalue weighted by molar-refractivity contribution is 7.69. The lowest BCUT2D eigenvalue weighted by atomic mass is 10.1. The zero-order valence-corrected chi connectivity index (χ0v) is 16.4. The lowest BCUT2D eigenvalue weighted by Crippen LogP contribution is -2.25. The van der Waals surface area contributed by atoms with Crippen molar-refractivity contribution >= 4 is 28.2 Å². The molecule has 0 fully saturated rings. The summed E-state index contributed by atoms with van der Waals surface area (Å²) in [5, 5.41) is 0.815. The lowest BCUT2D eigenvalue weighted by molar-refractivity contribution is 0.0600. The Morgan fingerprint density at radius 2 is 2.04 bits per heavy atom. The van der Waals surface area contributed by atoms with Crippen LogP contribution >= 0.6 is 11.3 Å². The molecular weight excluding hydrogens is 374 g/mol. The molecule has 9 heteroatoms. The Hall–Kier alpha value is -1.81. The van der Waals surface area contributed by atoms with E-state index in [1.807, 2.05) is 0 Å². The van der Waals surface area contributed by atoms with Crippen LogP contribution in [0.25, 0.3) is 0 Å². The molecule has 1 aliphatic heterocycles. The van der Waals surface area contributed by atoms with E-state index in [2.05, 4.69) is 21.7 Å². The van der Waals surface area contributed by atoms with Crippen LogP contribution in [0.3, 0.4) is 0 Å². The molecule has 0 saturated carbocycles. The van der Waals surface area contributed by atoms with Crippen molar-refractivity contribution in [1.82, 2.24) is 14.2 Å². The number of rotatable bonds is 6. The summed E-state index contributed by atoms with van der Waals surface area (Å²) in [7, 11) is 0.657. The van der Waals surface area contributed by atoms with Gasteiger partial charge in [-0.05, 0) is 24.7 Å². The van der Waals surface area contributed by atoms with Gasteiger partial charge in [-0.1, -0.05) is 12.1 Å². The van der Waals surface area contributed by atoms with Crippen molar-refractivity contribution in [3.63, 3.8) is 0 Å². The second kappa shape index (κ2) is 8.26. The van der Waals surface area contributed by atoms with Crippen LogP contribution in [0.5, 0.6) is 0 Å². The first-order valence-corrected chi connectivity index (χ1v) is 10.1. The summed E-state index contributed by atoms with van der Waals surface area (Å²) in [6.45, 7) is 2.34. The molecule has 3 rings (SSSR count). The molecule has 0 unspecified atom stereocenters. The quantitative estimate of drug-likeness (QED) is 0.589. The topological polar surface area (TPSA) is 79.8 Å². The summed E-state index contributed by atoms with van der Waals surface area (Å²) in [5.41, 5.74) is 2.33. The zero-order chi connectivity index (χ0) is 18.7. The van der Waals surface area contributed by atoms with Crippen molar-refractivity contribution in [2.24, 2.45) is 0 Å². The molecule has 7 nitrogen and oxygen atoms in total. The van der Waals surface area contributed by atoms with Crippen molar-refractivity contribution < 1.29 is 17.9 Å². The van der Waals surface area contributed by atoms with E-state index in [1.165, 1.54) is 16.3 Å². The highest BCUT2D eigenvalue weighted by atomic mass is 32.2. The molecule has 0 aliphatic carbocycles. The van der Waals surface area contributed by atoms with E-state index < -0.39 is 16.9 Å². The maximum atomic E-state index is 11.7. The fraction of sp³-hybridized carbons (Fsp3) is 0.412. The Labute approximate surface area is 158 Å². The van der Waals surface area contributed by atoms with Gasteiger partial charge in [0.05, 0.1) is 24.9 Å². The number of methoxy groups -OCH3 is 1. The predicted octanol–water partition coefficient (Wildman–Crippen LogP) is 1.45. The number of hydrogen-bond donors (Lipinski definition) is 1. The standard InChI is InChI=1S/C17H21N3O4S2/c1-19-8-7-14-15(10-19)25-16(18-14)11-20(26(22)23)9-12-3-5-13(6-4-12)17(21)24-2/h3-6,26H,7-11H2,1-2H3. The van der Waals surface area contributed by atoms with Gasteiger partial charge in [0.25, 0.3) is 0 Å². The number of likely N-dealkylation sites (N-methyl/N-ethyl adjacent to an activating group) is 1. The molecule has 0 spiro atoms. The van der Waals surface area contributed by atoms with E-state index in [9.17, 15) is 13.2 Å². The number of ether oxygens (including phenoxy) is 1. The number of hydrogen-bond acceptors (Lipinski definition) is 7. The lowest BCUT2D eigenvalue weighted by Gasteiger charge is -2.20. The number of fused-ring (bicyclic) bond motifs is 1. The van der Waals surface area contributed by atoms with Crippen LogP contribution in [0.2, 0.25) is 0 Å². The molecule has 2 heterocycles. The minimum absolute atomic E-state index is 0.240. The Morgan fingerprint density at radius 1 is 1.31 bits per heavy atom. The van der Waals surface area contributed by atoms with Gasteiger partial charge < -0.3 is 9.64 Å². The molecule has 0 bridgehead atoms. The summed E-state index contributed by atoms with van der Waals surface area (Å²) in [4.78, 5) is 19.5. The van der Waals surface area contributed by atoms with Gasteiger partial charge in [-0.3, -0.25) is 0 Å². The minimum Gasteiger partial charge on any atom is -0.465 e. The number of aromatic nitrogens is 1. The number of nitrogens with zero attached hydrogens (tertiary/aromatic N) is 3. The van der Waals surface area contributed by atoms with Crippen LogP contribution in [-0.2, 0) is 41.7 Å². The Kier molecular flexibility index (Phi) is 6.02. The number of benzene rings is 1. The second-order valence-electron chi connectivity index (χ2n) is 6.21. The second-order valence-corrected chi connectivity index (χ2v) is 8.42. The fourth-order valence-corrected chi connectivity index (χ4v) is 4.68. The third-order valence-electron chi connectivity index (χ3n) is 4.26. The molecule has 0 N–H and O–H groups in total. The molecule has 0 amide bonds. The van der Waals surface area contributed by atoms with Crippen LogP contribution in [0.1, 0.15) is 31.5 Å². The first kappa shape index (κ1) is 19.0. The van der Waals surface area contributed by atoms with Crippen LogP contribution in [0.4, 0.5) is 0 Å². The van der Waals surface area contributed by atoms with Crippen LogP contribution in [0, 0.1) is 0 Å². The third kappa shape index (κ3) is 4.47. The smallest absolute Gasteiger partial charge is 0.337 e. The Morgan fingerprint density at radius 3 is 2.69 bits per heavy atom. The molecule has 2 aromatic rings. The zero-order valence-electron chi connectivity index (χ0n) is 14.7. The maximum Gasteiger partial charge on any atom is 0.337 e. The van der Waals surface area contributed by atoms with Gasteiger partial charge in [0.2, 0.25) is 10.9 Å². The molecule has 1 aromatic heterocycles. The molecular formula is C17H21N3O4S2. The summed E-state index contributed by atoms with van der Waals surface area (Å²) in [6, 6.07) is 6.74. The van der Waals surface area contributed by atoms with Gasteiger partial charge in [-0.2, -0.15) is 4.31 Å². The molecule has 0 radical (unpaired) electrons. The van der Waals surface area contributed by atoms with Crippen molar-refractivity contribution in [3.05, 3.63) is 51.0 Å². The van der Waals surface area contributed by atoms with Crippen LogP contribution in [-0.4, -0.2) is 49.3 Å². The fourth-order valence-electron chi connectivity index (χ4n) is 2.85. The molecule has 0 atom stereocenters. The van der Waals surface area contributed by atoms with Gasteiger partial charge >= 0.3 is 5.97 Å². The number of carbonyl (C=O) groups excluding carboxylic acids is 1. The highest BCUT2D eigenvalue weighted by Crippen LogP contribution is 2.25. The maximum absolute atomic E-state index is 11.7. The van der Waals surface area contributed by atoms with E-state index in [4.69, 9.17) is 0 Å². The molecule has 26 heavy (non-hydrogen) atoms. The van der Waals surface area contributed by atoms with E-state index in [-0.39, 0.29) is 13.1 Å². The van der Waals surface area contributed by atoms with E-state index in [1.54, 1.807) is 35.6 Å². The number of esters is 1. The average molecular weight is 396 g/mol. The van der Waals surface area contributed by atoms with E-state index in [0.717, 1.165) is 35.8 Å². The third-order valence-corrected chi connectivity index (χ3v) is 6.07. The molecule has 1 aliphatic rings. The van der Waals surface area contributed by atoms with Crippen LogP contribution < -0.4 is 0 Å². The molecule has 140 valence electrons. The van der Waals surface area contributed by atoms with E-state index in [0.29, 0.717) is 5.56 Å². The summed E-state index contributed by atoms with van der Waals surface area (Å²) in [6.07, 6.45) is 0.904. The Bertz CT molecular complexity index is 853.